The van der Waals surface area contributed by atoms with Crippen molar-refractivity contribution in [2.45, 2.75) is 26.7 Å². The molecule has 0 aromatic heterocycles. The molecule has 0 atom stereocenters. The van der Waals surface area contributed by atoms with Gasteiger partial charge in [-0.3, -0.25) is 0 Å². The topological polar surface area (TPSA) is 0 Å². The van der Waals surface area contributed by atoms with Crippen LogP contribution in [0.25, 0.3) is 43.8 Å². The van der Waals surface area contributed by atoms with Crippen LogP contribution in [0.1, 0.15) is 24.0 Å². The molecule has 0 unspecified atom stereocenters. The number of hydrogen-bond donors (Lipinski definition) is 0. The van der Waals surface area contributed by atoms with Gasteiger partial charge in [0, 0.05) is 0 Å². The van der Waals surface area contributed by atoms with Gasteiger partial charge in [0.25, 0.3) is 0 Å². The van der Waals surface area contributed by atoms with Crippen LogP contribution in [0.3, 0.4) is 0 Å². The summed E-state index contributed by atoms with van der Waals surface area (Å²) in [6.07, 6.45) is 1.92. The van der Waals surface area contributed by atoms with Crippen molar-refractivity contribution in [1.82, 2.24) is 0 Å². The van der Waals surface area contributed by atoms with Gasteiger partial charge in [-0.1, -0.05) is 97.8 Å². The van der Waals surface area contributed by atoms with Crippen LogP contribution in [0.4, 0.5) is 0 Å². The molecule has 0 aliphatic rings. The van der Waals surface area contributed by atoms with Crippen molar-refractivity contribution in [3.05, 3.63) is 146 Å². The van der Waals surface area contributed by atoms with Crippen LogP contribution in [0.5, 0.6) is 0 Å². The van der Waals surface area contributed by atoms with Crippen LogP contribution in [0, 0.1) is 27.7 Å². The van der Waals surface area contributed by atoms with Crippen molar-refractivity contribution in [2.24, 2.45) is 0 Å². The van der Waals surface area contributed by atoms with E-state index in [1.54, 1.807) is 0 Å². The SMILES string of the molecule is Cc1cc2c(-c3ccccc3)cccc2[cH-]1.Cc1cc2c(-c3ccccc3)cccc2[cH-]1.[CH2-]CC[CH2-].[Cl-].[Cl-].[Ti+2]. The summed E-state index contributed by atoms with van der Waals surface area (Å²) in [5, 5.41) is 5.37. The molecule has 3 heteroatoms. The van der Waals surface area contributed by atoms with Gasteiger partial charge in [0.05, 0.1) is 0 Å². The number of hydrogen-bond acceptors (Lipinski definition) is 0. The first-order valence-electron chi connectivity index (χ1n) is 12.6. The Bertz CT molecular complexity index is 1390. The van der Waals surface area contributed by atoms with Crippen molar-refractivity contribution < 1.29 is 46.5 Å². The minimum atomic E-state index is 0. The number of aryl methyl sites for hydroxylation is 2. The van der Waals surface area contributed by atoms with E-state index in [-0.39, 0.29) is 46.5 Å². The molecule has 39 heavy (non-hydrogen) atoms. The minimum absolute atomic E-state index is 0. The van der Waals surface area contributed by atoms with E-state index in [0.29, 0.717) is 0 Å². The number of halogens is 2. The Balaban J connectivity index is 0.000000322. The Kier molecular flexibility index (Phi) is 15.1. The second kappa shape index (κ2) is 17.2. The molecule has 0 radical (unpaired) electrons. The largest absolute Gasteiger partial charge is 2.00 e. The third kappa shape index (κ3) is 8.95. The summed E-state index contributed by atoms with van der Waals surface area (Å²) in [5.74, 6) is 0. The van der Waals surface area contributed by atoms with Gasteiger partial charge >= 0.3 is 21.7 Å². The minimum Gasteiger partial charge on any atom is -1.00 e. The first-order chi connectivity index (χ1) is 17.6. The van der Waals surface area contributed by atoms with Gasteiger partial charge < -0.3 is 38.7 Å². The van der Waals surface area contributed by atoms with Crippen molar-refractivity contribution in [2.75, 3.05) is 0 Å². The van der Waals surface area contributed by atoms with Crippen LogP contribution >= 0.6 is 0 Å². The van der Waals surface area contributed by atoms with E-state index in [0.717, 1.165) is 12.8 Å². The van der Waals surface area contributed by atoms with Crippen molar-refractivity contribution in [1.29, 1.82) is 0 Å². The summed E-state index contributed by atoms with van der Waals surface area (Å²) >= 11 is 0. The molecular weight excluding hydrogens is 551 g/mol. The Morgan fingerprint density at radius 1 is 0.513 bits per heavy atom. The standard InChI is InChI=1S/2C16H13.C4H8.2ClH.Ti/c2*1-12-10-14-8-5-9-15(16(14)11-12)13-6-3-2-4-7-13;1-3-4-2;;;/h2*2-11H,1H3;1-4H2;2*1H;/q2*-1;-2;;;+2/p-2. The molecule has 6 aromatic carbocycles. The van der Waals surface area contributed by atoms with Gasteiger partial charge in [-0.15, -0.1) is 69.1 Å². The fourth-order valence-electron chi connectivity index (χ4n) is 4.51. The molecule has 0 N–H and O–H groups in total. The summed E-state index contributed by atoms with van der Waals surface area (Å²) in [4.78, 5) is 0. The molecule has 0 aliphatic heterocycles. The van der Waals surface area contributed by atoms with Gasteiger partial charge in [0.1, 0.15) is 0 Å². The van der Waals surface area contributed by atoms with Crippen LogP contribution in [0.15, 0.2) is 121 Å². The molecule has 0 fully saturated rings. The smallest absolute Gasteiger partial charge is 1.00 e. The molecule has 0 aliphatic carbocycles. The summed E-state index contributed by atoms with van der Waals surface area (Å²) < 4.78 is 0. The van der Waals surface area contributed by atoms with Gasteiger partial charge in [-0.2, -0.15) is 12.1 Å². The van der Waals surface area contributed by atoms with E-state index in [1.807, 2.05) is 0 Å². The third-order valence-corrected chi connectivity index (χ3v) is 6.21. The van der Waals surface area contributed by atoms with E-state index in [1.165, 1.54) is 54.9 Å². The summed E-state index contributed by atoms with van der Waals surface area (Å²) in [6, 6.07) is 43.1. The van der Waals surface area contributed by atoms with Crippen LogP contribution in [-0.2, 0) is 21.7 Å². The maximum atomic E-state index is 3.54. The molecule has 6 aromatic rings. The fourth-order valence-corrected chi connectivity index (χ4v) is 4.51. The zero-order valence-electron chi connectivity index (χ0n) is 22.6. The first-order valence-corrected chi connectivity index (χ1v) is 12.6. The molecule has 0 heterocycles. The summed E-state index contributed by atoms with van der Waals surface area (Å²) in [5.41, 5.74) is 7.89. The number of benzene rings is 4. The van der Waals surface area contributed by atoms with E-state index >= 15 is 0 Å². The quantitative estimate of drug-likeness (QED) is 0.212. The fraction of sp³-hybridized carbons (Fsp3) is 0.111. The maximum absolute atomic E-state index is 3.54. The second-order valence-electron chi connectivity index (χ2n) is 9.12. The summed E-state index contributed by atoms with van der Waals surface area (Å²) in [7, 11) is 0. The molecule has 0 bridgehead atoms. The van der Waals surface area contributed by atoms with Crippen molar-refractivity contribution in [3.63, 3.8) is 0 Å². The third-order valence-electron chi connectivity index (χ3n) is 6.21. The molecule has 0 saturated carbocycles. The van der Waals surface area contributed by atoms with Gasteiger partial charge in [0.2, 0.25) is 0 Å². The van der Waals surface area contributed by atoms with E-state index in [9.17, 15) is 0 Å². The normalized spacial score (nSPS) is 9.64. The van der Waals surface area contributed by atoms with Crippen LogP contribution in [-0.4, -0.2) is 0 Å². The molecule has 0 spiro atoms. The number of unbranched alkanes of at least 4 members (excludes halogenated alkanes) is 1. The average Bonchev–Trinajstić information content (AvgIpc) is 3.50. The zero-order valence-corrected chi connectivity index (χ0v) is 25.7. The van der Waals surface area contributed by atoms with Crippen LogP contribution < -0.4 is 24.8 Å². The first kappa shape index (κ1) is 34.4. The van der Waals surface area contributed by atoms with Crippen LogP contribution in [0.2, 0.25) is 0 Å². The monoisotopic (exact) mass is 584 g/mol. The Hall–Kier alpha value is -2.61. The Morgan fingerprint density at radius 3 is 1.21 bits per heavy atom. The molecular formula is C36H34Cl2Ti-4. The Morgan fingerprint density at radius 2 is 0.872 bits per heavy atom. The van der Waals surface area contributed by atoms with E-state index in [4.69, 9.17) is 0 Å². The van der Waals surface area contributed by atoms with Crippen molar-refractivity contribution >= 4 is 21.5 Å². The van der Waals surface area contributed by atoms with E-state index in [2.05, 4.69) is 149 Å². The predicted octanol–water partition coefficient (Wildman–Crippen LogP) is 4.51. The molecule has 200 valence electrons. The van der Waals surface area contributed by atoms with Gasteiger partial charge in [-0.25, -0.2) is 12.8 Å². The van der Waals surface area contributed by atoms with Gasteiger partial charge in [0.15, 0.2) is 0 Å². The predicted molar refractivity (Wildman–Crippen MR) is 159 cm³/mol. The van der Waals surface area contributed by atoms with E-state index < -0.39 is 0 Å². The zero-order chi connectivity index (χ0) is 25.3. The number of fused-ring (bicyclic) bond motifs is 2. The molecule has 0 amide bonds. The average molecular weight is 585 g/mol. The van der Waals surface area contributed by atoms with Gasteiger partial charge in [-0.05, 0) is 11.1 Å². The molecule has 0 saturated heterocycles. The maximum Gasteiger partial charge on any atom is 2.00 e. The summed E-state index contributed by atoms with van der Waals surface area (Å²) in [6.45, 7) is 11.4. The second-order valence-corrected chi connectivity index (χ2v) is 9.12. The van der Waals surface area contributed by atoms with Crippen molar-refractivity contribution in [3.8, 4) is 22.3 Å². The number of rotatable bonds is 3. The molecule has 6 rings (SSSR count). The Labute approximate surface area is 261 Å². The molecule has 0 nitrogen and oxygen atoms in total.